The molecule has 0 spiro atoms. The van der Waals surface area contributed by atoms with Gasteiger partial charge in [0.2, 0.25) is 5.91 Å². The number of hydrogen-bond donors (Lipinski definition) is 1. The maximum Gasteiger partial charge on any atom is 0.221 e. The zero-order valence-corrected chi connectivity index (χ0v) is 8.79. The minimum absolute atomic E-state index is 0.0294. The van der Waals surface area contributed by atoms with E-state index >= 15 is 0 Å². The van der Waals surface area contributed by atoms with E-state index in [9.17, 15) is 4.79 Å². The molecule has 0 unspecified atom stereocenters. The van der Waals surface area contributed by atoms with Crippen LogP contribution in [0.2, 0.25) is 0 Å². The average molecular weight is 217 g/mol. The third kappa shape index (κ3) is 2.99. The molecule has 1 aromatic rings. The number of carbonyl (C=O) groups is 1. The molecule has 0 aliphatic carbocycles. The van der Waals surface area contributed by atoms with Gasteiger partial charge < -0.3 is 9.88 Å². The first-order valence-corrected chi connectivity index (χ1v) is 5.00. The molecule has 0 bridgehead atoms. The van der Waals surface area contributed by atoms with E-state index in [1.807, 2.05) is 6.92 Å². The van der Waals surface area contributed by atoms with Gasteiger partial charge in [0.15, 0.2) is 0 Å². The summed E-state index contributed by atoms with van der Waals surface area (Å²) >= 11 is 5.63. The second-order valence-corrected chi connectivity index (χ2v) is 3.04. The number of hydrogen-bond acceptors (Lipinski definition) is 3. The second kappa shape index (κ2) is 5.59. The highest BCUT2D eigenvalue weighted by Crippen LogP contribution is 2.00. The number of nitrogens with zero attached hydrogens (tertiary/aromatic N) is 3. The van der Waals surface area contributed by atoms with Crippen molar-refractivity contribution in [2.45, 2.75) is 25.8 Å². The lowest BCUT2D eigenvalue weighted by atomic mass is 10.4. The van der Waals surface area contributed by atoms with E-state index in [4.69, 9.17) is 11.6 Å². The van der Waals surface area contributed by atoms with Gasteiger partial charge in [-0.05, 0) is 6.92 Å². The Morgan fingerprint density at radius 3 is 3.14 bits per heavy atom. The fourth-order valence-electron chi connectivity index (χ4n) is 1.08. The molecule has 0 saturated carbocycles. The molecule has 0 aliphatic rings. The number of nitrogens with one attached hydrogen (secondary N) is 1. The van der Waals surface area contributed by atoms with Crippen LogP contribution in [0.5, 0.6) is 0 Å². The third-order valence-electron chi connectivity index (χ3n) is 1.77. The molecule has 1 N–H and O–H groups in total. The average Bonchev–Trinajstić information content (AvgIpc) is 2.62. The van der Waals surface area contributed by atoms with E-state index in [0.717, 1.165) is 0 Å². The molecular formula is C8H13ClN4O. The molecule has 0 atom stereocenters. The second-order valence-electron chi connectivity index (χ2n) is 2.78. The zero-order chi connectivity index (χ0) is 10.4. The van der Waals surface area contributed by atoms with E-state index < -0.39 is 0 Å². The van der Waals surface area contributed by atoms with Gasteiger partial charge in [-0.3, -0.25) is 4.79 Å². The van der Waals surface area contributed by atoms with Crippen molar-refractivity contribution in [2.75, 3.05) is 6.54 Å². The van der Waals surface area contributed by atoms with E-state index in [-0.39, 0.29) is 5.91 Å². The summed E-state index contributed by atoms with van der Waals surface area (Å²) in [6.07, 6.45) is 2.01. The molecule has 0 saturated heterocycles. The van der Waals surface area contributed by atoms with Crippen LogP contribution in [0.15, 0.2) is 6.33 Å². The van der Waals surface area contributed by atoms with Crippen molar-refractivity contribution in [3.8, 4) is 0 Å². The molecule has 0 aromatic carbocycles. The number of alkyl halides is 1. The Kier molecular flexibility index (Phi) is 4.39. The fraction of sp³-hybridized carbons (Fsp3) is 0.625. The predicted molar refractivity (Wildman–Crippen MR) is 52.9 cm³/mol. The van der Waals surface area contributed by atoms with Crippen molar-refractivity contribution in [1.29, 1.82) is 0 Å². The minimum atomic E-state index is 0.0294. The van der Waals surface area contributed by atoms with Crippen LogP contribution in [0.4, 0.5) is 0 Å². The summed E-state index contributed by atoms with van der Waals surface area (Å²) in [6.45, 7) is 3.12. The fourth-order valence-corrected chi connectivity index (χ4v) is 1.28. The van der Waals surface area contributed by atoms with Gasteiger partial charge in [0.25, 0.3) is 0 Å². The summed E-state index contributed by atoms with van der Waals surface area (Å²) in [5, 5.41) is 10.2. The Balaban J connectivity index is 2.41. The highest BCUT2D eigenvalue weighted by molar-refractivity contribution is 6.16. The molecule has 1 amide bonds. The van der Waals surface area contributed by atoms with Gasteiger partial charge in [-0.15, -0.1) is 21.8 Å². The van der Waals surface area contributed by atoms with Crippen LogP contribution in [0.25, 0.3) is 0 Å². The van der Waals surface area contributed by atoms with E-state index in [1.165, 1.54) is 0 Å². The molecule has 0 aliphatic heterocycles. The minimum Gasteiger partial charge on any atom is -0.356 e. The van der Waals surface area contributed by atoms with Gasteiger partial charge in [0, 0.05) is 19.5 Å². The Hall–Kier alpha value is -1.10. The number of carbonyl (C=O) groups excluding carboxylic acids is 1. The van der Waals surface area contributed by atoms with Crippen molar-refractivity contribution in [1.82, 2.24) is 20.1 Å². The number of aryl methyl sites for hydroxylation is 1. The van der Waals surface area contributed by atoms with Crippen LogP contribution in [0.1, 0.15) is 19.2 Å². The van der Waals surface area contributed by atoms with Crippen LogP contribution >= 0.6 is 11.6 Å². The first-order chi connectivity index (χ1) is 6.77. The van der Waals surface area contributed by atoms with Crippen molar-refractivity contribution in [3.05, 3.63) is 12.2 Å². The summed E-state index contributed by atoms with van der Waals surface area (Å²) in [7, 11) is 0. The van der Waals surface area contributed by atoms with Crippen molar-refractivity contribution >= 4 is 17.5 Å². The van der Waals surface area contributed by atoms with Gasteiger partial charge >= 0.3 is 0 Å². The predicted octanol–water partition coefficient (Wildman–Crippen LogP) is 0.543. The van der Waals surface area contributed by atoms with Crippen LogP contribution in [-0.2, 0) is 17.2 Å². The Morgan fingerprint density at radius 2 is 2.50 bits per heavy atom. The first kappa shape index (κ1) is 11.0. The lowest BCUT2D eigenvalue weighted by molar-refractivity contribution is -0.121. The van der Waals surface area contributed by atoms with Crippen LogP contribution in [0.3, 0.4) is 0 Å². The monoisotopic (exact) mass is 216 g/mol. The molecular weight excluding hydrogens is 204 g/mol. The highest BCUT2D eigenvalue weighted by atomic mass is 35.5. The molecule has 1 aromatic heterocycles. The summed E-state index contributed by atoms with van der Waals surface area (Å²) < 4.78 is 1.78. The van der Waals surface area contributed by atoms with E-state index in [0.29, 0.717) is 31.2 Å². The number of amides is 1. The lowest BCUT2D eigenvalue weighted by Crippen LogP contribution is -2.23. The van der Waals surface area contributed by atoms with Crippen LogP contribution < -0.4 is 5.32 Å². The Morgan fingerprint density at radius 1 is 1.71 bits per heavy atom. The number of halogens is 1. The SMILES string of the molecule is CCNC(=O)CCn1cnnc1CCl. The molecule has 0 fully saturated rings. The standard InChI is InChI=1S/C8H13ClN4O/c1-2-10-8(14)3-4-13-6-11-12-7(13)5-9/h6H,2-5H2,1H3,(H,10,14). The lowest BCUT2D eigenvalue weighted by Gasteiger charge is -2.04. The van der Waals surface area contributed by atoms with Crippen molar-refractivity contribution < 1.29 is 4.79 Å². The van der Waals surface area contributed by atoms with Crippen LogP contribution in [-0.4, -0.2) is 27.2 Å². The van der Waals surface area contributed by atoms with Gasteiger partial charge in [-0.1, -0.05) is 0 Å². The third-order valence-corrected chi connectivity index (χ3v) is 2.01. The topological polar surface area (TPSA) is 59.8 Å². The smallest absolute Gasteiger partial charge is 0.221 e. The molecule has 5 nitrogen and oxygen atoms in total. The normalized spacial score (nSPS) is 10.1. The summed E-state index contributed by atoms with van der Waals surface area (Å²) in [6, 6.07) is 0. The quantitative estimate of drug-likeness (QED) is 0.731. The maximum atomic E-state index is 11.1. The summed E-state index contributed by atoms with van der Waals surface area (Å²) in [4.78, 5) is 11.1. The van der Waals surface area contributed by atoms with Gasteiger partial charge in [0.05, 0.1) is 5.88 Å². The summed E-state index contributed by atoms with van der Waals surface area (Å²) in [5.41, 5.74) is 0. The van der Waals surface area contributed by atoms with E-state index in [2.05, 4.69) is 15.5 Å². The maximum absolute atomic E-state index is 11.1. The largest absolute Gasteiger partial charge is 0.356 e. The molecule has 1 heterocycles. The van der Waals surface area contributed by atoms with Gasteiger partial charge in [-0.2, -0.15) is 0 Å². The van der Waals surface area contributed by atoms with Crippen molar-refractivity contribution in [3.63, 3.8) is 0 Å². The highest BCUT2D eigenvalue weighted by Gasteiger charge is 2.04. The molecule has 14 heavy (non-hydrogen) atoms. The van der Waals surface area contributed by atoms with Gasteiger partial charge in [0.1, 0.15) is 12.2 Å². The first-order valence-electron chi connectivity index (χ1n) is 4.47. The van der Waals surface area contributed by atoms with Crippen molar-refractivity contribution in [2.24, 2.45) is 0 Å². The van der Waals surface area contributed by atoms with Crippen LogP contribution in [0, 0.1) is 0 Å². The molecule has 78 valence electrons. The Bertz CT molecular complexity index is 299. The zero-order valence-electron chi connectivity index (χ0n) is 8.03. The Labute approximate surface area is 87.5 Å². The number of rotatable bonds is 5. The van der Waals surface area contributed by atoms with Gasteiger partial charge in [-0.25, -0.2) is 0 Å². The molecule has 6 heteroatoms. The van der Waals surface area contributed by atoms with E-state index in [1.54, 1.807) is 10.9 Å². The summed E-state index contributed by atoms with van der Waals surface area (Å²) in [5.74, 6) is 1.03. The molecule has 0 radical (unpaired) electrons. The molecule has 1 rings (SSSR count). The number of aromatic nitrogens is 3.